The number of phenols is 1. The van der Waals surface area contributed by atoms with Crippen molar-refractivity contribution in [3.8, 4) is 11.5 Å². The third-order valence-corrected chi connectivity index (χ3v) is 3.50. The Bertz CT molecular complexity index is 733. The smallest absolute Gasteiger partial charge is 0.271 e. The first-order valence-electron chi connectivity index (χ1n) is 6.16. The van der Waals surface area contributed by atoms with Gasteiger partial charge >= 0.3 is 0 Å². The van der Waals surface area contributed by atoms with Crippen LogP contribution in [0.4, 0.5) is 0 Å². The molecule has 1 amide bonds. The molecule has 5 nitrogen and oxygen atoms in total. The summed E-state index contributed by atoms with van der Waals surface area (Å²) in [5, 5.41) is 14.1. The van der Waals surface area contributed by atoms with E-state index in [-0.39, 0.29) is 5.75 Å². The van der Waals surface area contributed by atoms with Crippen molar-refractivity contribution < 1.29 is 14.6 Å². The number of amides is 1. The highest BCUT2D eigenvalue weighted by Gasteiger charge is 2.07. The van der Waals surface area contributed by atoms with E-state index in [2.05, 4.69) is 10.5 Å². The van der Waals surface area contributed by atoms with Gasteiger partial charge in [-0.2, -0.15) is 5.10 Å². The van der Waals surface area contributed by atoms with Crippen LogP contribution in [0.15, 0.2) is 41.5 Å². The molecule has 0 aliphatic heterocycles. The van der Waals surface area contributed by atoms with Crippen molar-refractivity contribution in [2.24, 2.45) is 5.10 Å². The minimum absolute atomic E-state index is 0.0118. The summed E-state index contributed by atoms with van der Waals surface area (Å²) < 4.78 is 4.93. The molecule has 0 aromatic heterocycles. The molecule has 0 atom stereocenters. The van der Waals surface area contributed by atoms with E-state index in [1.165, 1.54) is 37.6 Å². The lowest BCUT2D eigenvalue weighted by Crippen LogP contribution is -2.17. The summed E-state index contributed by atoms with van der Waals surface area (Å²) in [6.07, 6.45) is 1.40. The number of rotatable bonds is 4. The number of hydrazone groups is 1. The van der Waals surface area contributed by atoms with Crippen molar-refractivity contribution in [3.63, 3.8) is 0 Å². The Balaban J connectivity index is 2.04. The van der Waals surface area contributed by atoms with Crippen LogP contribution in [0.5, 0.6) is 11.5 Å². The van der Waals surface area contributed by atoms with Gasteiger partial charge in [0.05, 0.1) is 23.4 Å². The van der Waals surface area contributed by atoms with Gasteiger partial charge in [0.15, 0.2) is 11.5 Å². The molecule has 0 heterocycles. The zero-order chi connectivity index (χ0) is 16.1. The molecule has 22 heavy (non-hydrogen) atoms. The largest absolute Gasteiger partial charge is 0.504 e. The van der Waals surface area contributed by atoms with Gasteiger partial charge in [-0.15, -0.1) is 0 Å². The predicted octanol–water partition coefficient (Wildman–Crippen LogP) is 3.47. The van der Waals surface area contributed by atoms with Crippen molar-refractivity contribution in [2.45, 2.75) is 0 Å². The first kappa shape index (κ1) is 16.1. The molecule has 0 unspecified atom stereocenters. The number of halogens is 2. The standard InChI is InChI=1S/C15H12Cl2N2O3/c1-22-14-5-2-9(6-13(14)20)8-18-19-15(21)10-3-4-11(16)12(17)7-10/h2-8,20H,1H3,(H,19,21)/b18-8-. The number of hydrogen-bond donors (Lipinski definition) is 2. The van der Waals surface area contributed by atoms with Gasteiger partial charge < -0.3 is 9.84 Å². The van der Waals surface area contributed by atoms with Crippen molar-refractivity contribution in [2.75, 3.05) is 7.11 Å². The van der Waals surface area contributed by atoms with Gasteiger partial charge in [-0.3, -0.25) is 4.79 Å². The Morgan fingerprint density at radius 1 is 1.23 bits per heavy atom. The van der Waals surface area contributed by atoms with Crippen LogP contribution in [0, 0.1) is 0 Å². The van der Waals surface area contributed by atoms with Gasteiger partial charge in [0.1, 0.15) is 0 Å². The Morgan fingerprint density at radius 3 is 2.64 bits per heavy atom. The summed E-state index contributed by atoms with van der Waals surface area (Å²) in [6, 6.07) is 9.27. The molecule has 7 heteroatoms. The van der Waals surface area contributed by atoms with Crippen LogP contribution < -0.4 is 10.2 Å². The second-order valence-electron chi connectivity index (χ2n) is 4.26. The average Bonchev–Trinajstić information content (AvgIpc) is 2.50. The highest BCUT2D eigenvalue weighted by Crippen LogP contribution is 2.25. The van der Waals surface area contributed by atoms with Crippen LogP contribution in [0.2, 0.25) is 10.0 Å². The van der Waals surface area contributed by atoms with Gasteiger partial charge in [-0.25, -0.2) is 5.43 Å². The summed E-state index contributed by atoms with van der Waals surface area (Å²) >= 11 is 11.6. The molecular formula is C15H12Cl2N2O3. The first-order valence-corrected chi connectivity index (χ1v) is 6.92. The minimum atomic E-state index is -0.424. The number of aromatic hydroxyl groups is 1. The van der Waals surface area contributed by atoms with E-state index < -0.39 is 5.91 Å². The number of benzene rings is 2. The number of hydrogen-bond acceptors (Lipinski definition) is 4. The molecule has 0 saturated heterocycles. The van der Waals surface area contributed by atoms with Crippen molar-refractivity contribution in [1.82, 2.24) is 5.43 Å². The number of carbonyl (C=O) groups is 1. The normalized spacial score (nSPS) is 10.7. The number of carbonyl (C=O) groups excluding carboxylic acids is 1. The summed E-state index contributed by atoms with van der Waals surface area (Å²) in [6.45, 7) is 0. The molecule has 0 aliphatic carbocycles. The minimum Gasteiger partial charge on any atom is -0.504 e. The van der Waals surface area contributed by atoms with E-state index in [4.69, 9.17) is 27.9 Å². The Kier molecular flexibility index (Phi) is 5.25. The molecule has 0 bridgehead atoms. The van der Waals surface area contributed by atoms with Gasteiger partial charge in [0.25, 0.3) is 5.91 Å². The van der Waals surface area contributed by atoms with Crippen LogP contribution in [0.25, 0.3) is 0 Å². The second-order valence-corrected chi connectivity index (χ2v) is 5.07. The lowest BCUT2D eigenvalue weighted by Gasteiger charge is -2.03. The maximum absolute atomic E-state index is 11.9. The maximum Gasteiger partial charge on any atom is 0.271 e. The maximum atomic E-state index is 11.9. The van der Waals surface area contributed by atoms with E-state index in [9.17, 15) is 9.90 Å². The fraction of sp³-hybridized carbons (Fsp3) is 0.0667. The Hall–Kier alpha value is -2.24. The van der Waals surface area contributed by atoms with Gasteiger partial charge in [0.2, 0.25) is 0 Å². The first-order chi connectivity index (χ1) is 10.5. The van der Waals surface area contributed by atoms with Crippen LogP contribution in [-0.2, 0) is 0 Å². The Labute approximate surface area is 137 Å². The summed E-state index contributed by atoms with van der Waals surface area (Å²) in [4.78, 5) is 11.9. The van der Waals surface area contributed by atoms with Crippen molar-refractivity contribution in [1.29, 1.82) is 0 Å². The van der Waals surface area contributed by atoms with E-state index in [1.807, 2.05) is 0 Å². The highest BCUT2D eigenvalue weighted by molar-refractivity contribution is 6.42. The number of methoxy groups -OCH3 is 1. The van der Waals surface area contributed by atoms with Gasteiger partial charge in [-0.05, 0) is 42.0 Å². The molecule has 2 N–H and O–H groups in total. The summed E-state index contributed by atoms with van der Waals surface area (Å²) in [5.41, 5.74) is 3.30. The van der Waals surface area contributed by atoms with E-state index in [0.29, 0.717) is 26.9 Å². The van der Waals surface area contributed by atoms with E-state index in [1.54, 1.807) is 12.1 Å². The fourth-order valence-corrected chi connectivity index (χ4v) is 1.95. The molecule has 0 spiro atoms. The fourth-order valence-electron chi connectivity index (χ4n) is 1.65. The Morgan fingerprint density at radius 2 is 2.00 bits per heavy atom. The van der Waals surface area contributed by atoms with Gasteiger partial charge in [-0.1, -0.05) is 23.2 Å². The molecule has 0 saturated carbocycles. The van der Waals surface area contributed by atoms with Crippen LogP contribution in [-0.4, -0.2) is 24.3 Å². The van der Waals surface area contributed by atoms with E-state index >= 15 is 0 Å². The lowest BCUT2D eigenvalue weighted by molar-refractivity contribution is 0.0955. The number of phenolic OH excluding ortho intramolecular Hbond substituents is 1. The zero-order valence-electron chi connectivity index (χ0n) is 11.5. The van der Waals surface area contributed by atoms with Crippen molar-refractivity contribution in [3.05, 3.63) is 57.6 Å². The number of nitrogens with zero attached hydrogens (tertiary/aromatic N) is 1. The molecule has 0 radical (unpaired) electrons. The van der Waals surface area contributed by atoms with Crippen LogP contribution in [0.1, 0.15) is 15.9 Å². The molecular weight excluding hydrogens is 327 g/mol. The summed E-state index contributed by atoms with van der Waals surface area (Å²) in [7, 11) is 1.46. The highest BCUT2D eigenvalue weighted by atomic mass is 35.5. The molecule has 2 aromatic rings. The van der Waals surface area contributed by atoms with Crippen molar-refractivity contribution >= 4 is 35.3 Å². The molecule has 0 aliphatic rings. The molecule has 2 rings (SSSR count). The quantitative estimate of drug-likeness (QED) is 0.662. The second kappa shape index (κ2) is 7.15. The van der Waals surface area contributed by atoms with Crippen LogP contribution >= 0.6 is 23.2 Å². The molecule has 2 aromatic carbocycles. The molecule has 0 fully saturated rings. The SMILES string of the molecule is COc1ccc(/C=N\NC(=O)c2ccc(Cl)c(Cl)c2)cc1O. The average molecular weight is 339 g/mol. The third kappa shape index (κ3) is 3.90. The number of ether oxygens (including phenoxy) is 1. The monoisotopic (exact) mass is 338 g/mol. The lowest BCUT2D eigenvalue weighted by atomic mass is 10.2. The predicted molar refractivity (Wildman–Crippen MR) is 86.2 cm³/mol. The molecule has 114 valence electrons. The van der Waals surface area contributed by atoms with E-state index in [0.717, 1.165) is 0 Å². The van der Waals surface area contributed by atoms with Gasteiger partial charge in [0, 0.05) is 5.56 Å². The summed E-state index contributed by atoms with van der Waals surface area (Å²) in [5.74, 6) is -0.0770. The third-order valence-electron chi connectivity index (χ3n) is 2.76. The number of nitrogens with one attached hydrogen (secondary N) is 1. The van der Waals surface area contributed by atoms with Crippen LogP contribution in [0.3, 0.4) is 0 Å². The zero-order valence-corrected chi connectivity index (χ0v) is 13.0. The topological polar surface area (TPSA) is 70.9 Å².